The molecule has 0 amide bonds. The van der Waals surface area contributed by atoms with Gasteiger partial charge < -0.3 is 9.30 Å². The van der Waals surface area contributed by atoms with Gasteiger partial charge in [-0.1, -0.05) is 17.5 Å². The van der Waals surface area contributed by atoms with Crippen LogP contribution in [0.15, 0.2) is 39.6 Å². The lowest BCUT2D eigenvalue weighted by Crippen LogP contribution is -2.21. The van der Waals surface area contributed by atoms with Crippen LogP contribution >= 0.6 is 27.5 Å². The van der Waals surface area contributed by atoms with Crippen LogP contribution in [0.2, 0.25) is 5.02 Å². The molecule has 0 aliphatic carbocycles. The fraction of sp³-hybridized carbons (Fsp3) is 0.235. The number of nitrogens with zero attached hydrogens (tertiary/aromatic N) is 1. The van der Waals surface area contributed by atoms with Gasteiger partial charge in [-0.3, -0.25) is 4.79 Å². The van der Waals surface area contributed by atoms with Crippen molar-refractivity contribution in [3.63, 3.8) is 0 Å². The highest BCUT2D eigenvalue weighted by atomic mass is 79.9. The molecule has 1 aromatic carbocycles. The van der Waals surface area contributed by atoms with E-state index in [1.54, 1.807) is 17.6 Å². The average Bonchev–Trinajstić information content (AvgIpc) is 2.51. The van der Waals surface area contributed by atoms with Gasteiger partial charge in [0.15, 0.2) is 0 Å². The summed E-state index contributed by atoms with van der Waals surface area (Å²) < 4.78 is 8.01. The number of aromatic nitrogens is 1. The summed E-state index contributed by atoms with van der Waals surface area (Å²) in [7, 11) is 0. The van der Waals surface area contributed by atoms with Crippen LogP contribution < -0.4 is 10.3 Å². The van der Waals surface area contributed by atoms with E-state index in [0.29, 0.717) is 13.2 Å². The van der Waals surface area contributed by atoms with Crippen LogP contribution in [-0.4, -0.2) is 11.2 Å². The molecule has 0 fully saturated rings. The standard InChI is InChI=1S/C17H15BrClNO2/c1-3-5-10-22-12-6-7-13(14(18)11-12)16-9-8-15(19)17(21)20(16)4-2/h6-9,11H,4,10H2,1-2H3. The van der Waals surface area contributed by atoms with Crippen LogP contribution in [0.5, 0.6) is 5.75 Å². The molecule has 0 aliphatic heterocycles. The van der Waals surface area contributed by atoms with Gasteiger partial charge in [0, 0.05) is 16.6 Å². The summed E-state index contributed by atoms with van der Waals surface area (Å²) in [6.07, 6.45) is 0. The van der Waals surface area contributed by atoms with Crippen LogP contribution in [0.3, 0.4) is 0 Å². The number of halogens is 2. The van der Waals surface area contributed by atoms with Gasteiger partial charge in [-0.15, -0.1) is 5.92 Å². The van der Waals surface area contributed by atoms with Crippen molar-refractivity contribution in [2.45, 2.75) is 20.4 Å². The van der Waals surface area contributed by atoms with Gasteiger partial charge in [0.25, 0.3) is 5.56 Å². The number of ether oxygens (including phenoxy) is 1. The minimum atomic E-state index is -0.188. The summed E-state index contributed by atoms with van der Waals surface area (Å²) >= 11 is 9.44. The van der Waals surface area contributed by atoms with Gasteiger partial charge >= 0.3 is 0 Å². The highest BCUT2D eigenvalue weighted by Crippen LogP contribution is 2.31. The van der Waals surface area contributed by atoms with Gasteiger partial charge in [0.1, 0.15) is 17.4 Å². The van der Waals surface area contributed by atoms with E-state index < -0.39 is 0 Å². The predicted octanol–water partition coefficient (Wildman–Crippen LogP) is 4.35. The maximum atomic E-state index is 12.1. The lowest BCUT2D eigenvalue weighted by molar-refractivity contribution is 0.370. The third-order valence-electron chi connectivity index (χ3n) is 3.15. The molecule has 5 heteroatoms. The van der Waals surface area contributed by atoms with Crippen LogP contribution in [0.25, 0.3) is 11.3 Å². The molecule has 22 heavy (non-hydrogen) atoms. The fourth-order valence-corrected chi connectivity index (χ4v) is 2.81. The van der Waals surface area contributed by atoms with Crippen molar-refractivity contribution in [1.29, 1.82) is 0 Å². The summed E-state index contributed by atoms with van der Waals surface area (Å²) in [6, 6.07) is 9.10. The van der Waals surface area contributed by atoms with Crippen molar-refractivity contribution in [2.75, 3.05) is 6.61 Å². The molecule has 1 aromatic heterocycles. The highest BCUT2D eigenvalue weighted by Gasteiger charge is 2.11. The molecule has 0 spiro atoms. The average molecular weight is 381 g/mol. The summed E-state index contributed by atoms with van der Waals surface area (Å²) in [4.78, 5) is 12.1. The van der Waals surface area contributed by atoms with E-state index in [2.05, 4.69) is 27.8 Å². The molecule has 0 saturated carbocycles. The molecule has 1 heterocycles. The molecule has 0 radical (unpaired) electrons. The minimum absolute atomic E-state index is 0.188. The summed E-state index contributed by atoms with van der Waals surface area (Å²) in [6.45, 7) is 4.58. The van der Waals surface area contributed by atoms with E-state index >= 15 is 0 Å². The first-order chi connectivity index (χ1) is 10.6. The second-order valence-electron chi connectivity index (χ2n) is 4.47. The Morgan fingerprint density at radius 1 is 1.32 bits per heavy atom. The SMILES string of the molecule is CC#CCOc1ccc(-c2ccc(Cl)c(=O)n2CC)c(Br)c1. The quantitative estimate of drug-likeness (QED) is 0.738. The Balaban J connectivity index is 2.43. The molecule has 0 unspecified atom stereocenters. The molecule has 0 aliphatic rings. The van der Waals surface area contributed by atoms with Crippen molar-refractivity contribution >= 4 is 27.5 Å². The highest BCUT2D eigenvalue weighted by molar-refractivity contribution is 9.10. The Bertz CT molecular complexity index is 803. The maximum Gasteiger partial charge on any atom is 0.269 e. The van der Waals surface area contributed by atoms with E-state index in [-0.39, 0.29) is 10.6 Å². The smallest absolute Gasteiger partial charge is 0.269 e. The van der Waals surface area contributed by atoms with E-state index in [1.165, 1.54) is 0 Å². The lowest BCUT2D eigenvalue weighted by Gasteiger charge is -2.14. The zero-order valence-electron chi connectivity index (χ0n) is 12.3. The zero-order valence-corrected chi connectivity index (χ0v) is 14.7. The molecule has 3 nitrogen and oxygen atoms in total. The van der Waals surface area contributed by atoms with Crippen molar-refractivity contribution in [3.05, 3.63) is 50.2 Å². The normalized spacial score (nSPS) is 10.0. The number of hydrogen-bond donors (Lipinski definition) is 0. The van der Waals surface area contributed by atoms with Crippen molar-refractivity contribution in [3.8, 4) is 28.8 Å². The van der Waals surface area contributed by atoms with E-state index in [0.717, 1.165) is 21.5 Å². The summed E-state index contributed by atoms with van der Waals surface area (Å²) in [5.74, 6) is 6.35. The third kappa shape index (κ3) is 3.55. The second kappa shape index (κ2) is 7.53. The minimum Gasteiger partial charge on any atom is -0.481 e. The Hall–Kier alpha value is -1.70. The van der Waals surface area contributed by atoms with E-state index in [1.807, 2.05) is 31.2 Å². The Morgan fingerprint density at radius 2 is 2.09 bits per heavy atom. The largest absolute Gasteiger partial charge is 0.481 e. The third-order valence-corrected chi connectivity index (χ3v) is 4.09. The topological polar surface area (TPSA) is 31.2 Å². The Morgan fingerprint density at radius 3 is 2.73 bits per heavy atom. The molecule has 2 rings (SSSR count). The number of rotatable bonds is 4. The zero-order chi connectivity index (χ0) is 16.1. The molecule has 0 bridgehead atoms. The molecule has 0 N–H and O–H groups in total. The van der Waals surface area contributed by atoms with Crippen LogP contribution in [0.1, 0.15) is 13.8 Å². The maximum absolute atomic E-state index is 12.1. The molecular weight excluding hydrogens is 366 g/mol. The Kier molecular flexibility index (Phi) is 5.70. The van der Waals surface area contributed by atoms with Crippen molar-refractivity contribution in [2.24, 2.45) is 0 Å². The molecular formula is C17H15BrClNO2. The number of hydrogen-bond acceptors (Lipinski definition) is 2. The van der Waals surface area contributed by atoms with Gasteiger partial charge in [-0.2, -0.15) is 0 Å². The first-order valence-corrected chi connectivity index (χ1v) is 7.97. The first-order valence-electron chi connectivity index (χ1n) is 6.80. The van der Waals surface area contributed by atoms with Gasteiger partial charge in [-0.05, 0) is 60.1 Å². The number of pyridine rings is 1. The summed E-state index contributed by atoms with van der Waals surface area (Å²) in [5.41, 5.74) is 1.53. The molecule has 0 saturated heterocycles. The molecule has 2 aromatic rings. The van der Waals surface area contributed by atoms with Crippen LogP contribution in [0.4, 0.5) is 0 Å². The van der Waals surface area contributed by atoms with Crippen LogP contribution in [0, 0.1) is 11.8 Å². The monoisotopic (exact) mass is 379 g/mol. The van der Waals surface area contributed by atoms with Crippen molar-refractivity contribution < 1.29 is 4.74 Å². The molecule has 114 valence electrons. The van der Waals surface area contributed by atoms with Crippen molar-refractivity contribution in [1.82, 2.24) is 4.57 Å². The van der Waals surface area contributed by atoms with Gasteiger partial charge in [0.2, 0.25) is 0 Å². The second-order valence-corrected chi connectivity index (χ2v) is 5.73. The predicted molar refractivity (Wildman–Crippen MR) is 93.5 cm³/mol. The van der Waals surface area contributed by atoms with Crippen LogP contribution in [-0.2, 0) is 6.54 Å². The number of benzene rings is 1. The first kappa shape index (κ1) is 16.7. The van der Waals surface area contributed by atoms with E-state index in [4.69, 9.17) is 16.3 Å². The molecule has 0 atom stereocenters. The van der Waals surface area contributed by atoms with E-state index in [9.17, 15) is 4.79 Å². The summed E-state index contributed by atoms with van der Waals surface area (Å²) in [5, 5.41) is 0.222. The van der Waals surface area contributed by atoms with Gasteiger partial charge in [0.05, 0.1) is 5.69 Å². The van der Waals surface area contributed by atoms with Gasteiger partial charge in [-0.25, -0.2) is 0 Å². The fourth-order valence-electron chi connectivity index (χ4n) is 2.09. The Labute approximate surface area is 143 Å². The lowest BCUT2D eigenvalue weighted by atomic mass is 10.1.